The van der Waals surface area contributed by atoms with Gasteiger partial charge in [-0.1, -0.05) is 12.1 Å². The predicted molar refractivity (Wildman–Crippen MR) is 107 cm³/mol. The van der Waals surface area contributed by atoms with Crippen LogP contribution in [0.4, 0.5) is 0 Å². The molecule has 0 aliphatic carbocycles. The van der Waals surface area contributed by atoms with Gasteiger partial charge in [0.05, 0.1) is 17.8 Å². The maximum absolute atomic E-state index is 11.6. The van der Waals surface area contributed by atoms with Crippen LogP contribution in [-0.4, -0.2) is 44.8 Å². The lowest BCUT2D eigenvalue weighted by molar-refractivity contribution is 0.0268. The first-order valence-corrected chi connectivity index (χ1v) is 7.67. The number of carbonyl (C=O) groups excluding carboxylic acids is 1. The van der Waals surface area contributed by atoms with Crippen LogP contribution in [0.2, 0.25) is 0 Å². The average molecular weight is 449 g/mol. The first kappa shape index (κ1) is 22.6. The molecule has 0 saturated heterocycles. The van der Waals surface area contributed by atoms with Crippen LogP contribution < -0.4 is 10.6 Å². The SMILES string of the molecule is CCOC(=O)c1ccc(CNC(=NC)NCC(C)(C)OC)cc1.I. The molecule has 1 rings (SSSR count). The van der Waals surface area contributed by atoms with Crippen molar-refractivity contribution in [3.63, 3.8) is 0 Å². The van der Waals surface area contributed by atoms with Gasteiger partial charge in [-0.05, 0) is 38.5 Å². The quantitative estimate of drug-likeness (QED) is 0.290. The number of rotatable bonds is 7. The molecule has 0 aromatic heterocycles. The maximum atomic E-state index is 11.6. The normalized spacial score (nSPS) is 11.5. The molecule has 1 aromatic rings. The minimum Gasteiger partial charge on any atom is -0.462 e. The summed E-state index contributed by atoms with van der Waals surface area (Å²) in [6.45, 7) is 7.42. The van der Waals surface area contributed by atoms with E-state index in [0.717, 1.165) is 5.56 Å². The molecule has 7 heteroatoms. The van der Waals surface area contributed by atoms with Gasteiger partial charge in [-0.15, -0.1) is 24.0 Å². The Morgan fingerprint density at radius 1 is 1.21 bits per heavy atom. The summed E-state index contributed by atoms with van der Waals surface area (Å²) in [6, 6.07) is 7.32. The second-order valence-electron chi connectivity index (χ2n) is 5.66. The fraction of sp³-hybridized carbons (Fsp3) is 0.529. The van der Waals surface area contributed by atoms with Gasteiger partial charge in [-0.25, -0.2) is 4.79 Å². The van der Waals surface area contributed by atoms with E-state index in [0.29, 0.717) is 31.2 Å². The molecular weight excluding hydrogens is 421 g/mol. The van der Waals surface area contributed by atoms with E-state index in [1.165, 1.54) is 0 Å². The van der Waals surface area contributed by atoms with Crippen LogP contribution in [-0.2, 0) is 16.0 Å². The van der Waals surface area contributed by atoms with Gasteiger partial charge in [0.2, 0.25) is 0 Å². The molecule has 0 saturated carbocycles. The molecule has 136 valence electrons. The summed E-state index contributed by atoms with van der Waals surface area (Å²) in [7, 11) is 3.40. The second kappa shape index (κ2) is 11.2. The maximum Gasteiger partial charge on any atom is 0.338 e. The van der Waals surface area contributed by atoms with Gasteiger partial charge >= 0.3 is 5.97 Å². The summed E-state index contributed by atoms with van der Waals surface area (Å²) in [4.78, 5) is 15.8. The molecule has 2 N–H and O–H groups in total. The Kier molecular flexibility index (Phi) is 10.6. The topological polar surface area (TPSA) is 72.0 Å². The number of nitrogens with zero attached hydrogens (tertiary/aromatic N) is 1. The van der Waals surface area contributed by atoms with Crippen LogP contribution in [0, 0.1) is 0 Å². The monoisotopic (exact) mass is 449 g/mol. The van der Waals surface area contributed by atoms with Crippen LogP contribution in [0.15, 0.2) is 29.3 Å². The van der Waals surface area contributed by atoms with E-state index in [2.05, 4.69) is 15.6 Å². The molecule has 6 nitrogen and oxygen atoms in total. The molecule has 24 heavy (non-hydrogen) atoms. The zero-order valence-corrected chi connectivity index (χ0v) is 17.3. The Labute approximate surface area is 161 Å². The number of esters is 1. The van der Waals surface area contributed by atoms with Crippen molar-refractivity contribution >= 4 is 35.9 Å². The van der Waals surface area contributed by atoms with Gasteiger partial charge < -0.3 is 20.1 Å². The van der Waals surface area contributed by atoms with Crippen molar-refractivity contribution in [1.29, 1.82) is 0 Å². The van der Waals surface area contributed by atoms with E-state index in [1.807, 2.05) is 26.0 Å². The highest BCUT2D eigenvalue weighted by Crippen LogP contribution is 2.06. The van der Waals surface area contributed by atoms with Gasteiger partial charge in [-0.2, -0.15) is 0 Å². The molecule has 0 aliphatic rings. The van der Waals surface area contributed by atoms with Crippen LogP contribution >= 0.6 is 24.0 Å². The molecule has 1 aromatic carbocycles. The molecule has 0 amide bonds. The number of halogens is 1. The number of nitrogens with one attached hydrogen (secondary N) is 2. The van der Waals surface area contributed by atoms with Gasteiger partial charge in [0.1, 0.15) is 0 Å². The number of ether oxygens (including phenoxy) is 2. The van der Waals surface area contributed by atoms with E-state index in [4.69, 9.17) is 9.47 Å². The summed E-state index contributed by atoms with van der Waals surface area (Å²) >= 11 is 0. The van der Waals surface area contributed by atoms with Gasteiger partial charge in [-0.3, -0.25) is 4.99 Å². The Balaban J connectivity index is 0.00000529. The molecule has 0 spiro atoms. The largest absolute Gasteiger partial charge is 0.462 e. The minimum absolute atomic E-state index is 0. The standard InChI is InChI=1S/C17H27N3O3.HI/c1-6-23-15(21)14-9-7-13(8-10-14)11-19-16(18-4)20-12-17(2,3)22-5;/h7-10H,6,11-12H2,1-5H3,(H2,18,19,20);1H. The molecule has 0 aliphatic heterocycles. The third-order valence-electron chi connectivity index (χ3n) is 3.38. The lowest BCUT2D eigenvalue weighted by Crippen LogP contribution is -2.45. The summed E-state index contributed by atoms with van der Waals surface area (Å²) in [5.41, 5.74) is 1.34. The first-order chi connectivity index (χ1) is 10.9. The lowest BCUT2D eigenvalue weighted by Gasteiger charge is -2.24. The van der Waals surface area contributed by atoms with E-state index < -0.39 is 0 Å². The Bertz CT molecular complexity index is 530. The summed E-state index contributed by atoms with van der Waals surface area (Å²) in [6.07, 6.45) is 0. The average Bonchev–Trinajstić information content (AvgIpc) is 2.55. The summed E-state index contributed by atoms with van der Waals surface area (Å²) in [5.74, 6) is 0.399. The number of guanidine groups is 1. The predicted octanol–water partition coefficient (Wildman–Crippen LogP) is 2.57. The van der Waals surface area contributed by atoms with Crippen molar-refractivity contribution in [1.82, 2.24) is 10.6 Å². The van der Waals surface area contributed by atoms with E-state index >= 15 is 0 Å². The highest BCUT2D eigenvalue weighted by atomic mass is 127. The van der Waals surface area contributed by atoms with Gasteiger partial charge in [0, 0.05) is 27.2 Å². The van der Waals surface area contributed by atoms with Crippen LogP contribution in [0.5, 0.6) is 0 Å². The summed E-state index contributed by atoms with van der Waals surface area (Å²) < 4.78 is 10.3. The fourth-order valence-electron chi connectivity index (χ4n) is 1.75. The summed E-state index contributed by atoms with van der Waals surface area (Å²) in [5, 5.41) is 6.44. The molecule has 0 heterocycles. The molecule has 0 fully saturated rings. The van der Waals surface area contributed by atoms with Crippen molar-refractivity contribution in [2.45, 2.75) is 32.9 Å². The highest BCUT2D eigenvalue weighted by molar-refractivity contribution is 14.0. The molecule has 0 radical (unpaired) electrons. The minimum atomic E-state index is -0.300. The number of benzene rings is 1. The number of carbonyl (C=O) groups is 1. The smallest absolute Gasteiger partial charge is 0.338 e. The van der Waals surface area contributed by atoms with E-state index in [-0.39, 0.29) is 35.5 Å². The van der Waals surface area contributed by atoms with Gasteiger partial charge in [0.25, 0.3) is 0 Å². The molecule has 0 atom stereocenters. The van der Waals surface area contributed by atoms with Crippen molar-refractivity contribution in [3.8, 4) is 0 Å². The fourth-order valence-corrected chi connectivity index (χ4v) is 1.75. The van der Waals surface area contributed by atoms with Crippen LogP contribution in [0.25, 0.3) is 0 Å². The molecule has 0 unspecified atom stereocenters. The first-order valence-electron chi connectivity index (χ1n) is 7.67. The number of aliphatic imine (C=N–C) groups is 1. The Hall–Kier alpha value is -1.35. The van der Waals surface area contributed by atoms with Crippen molar-refractivity contribution in [2.24, 2.45) is 4.99 Å². The van der Waals surface area contributed by atoms with E-state index in [1.54, 1.807) is 33.2 Å². The van der Waals surface area contributed by atoms with Crippen LogP contribution in [0.1, 0.15) is 36.7 Å². The third kappa shape index (κ3) is 7.96. The van der Waals surface area contributed by atoms with Crippen LogP contribution in [0.3, 0.4) is 0 Å². The number of hydrogen-bond acceptors (Lipinski definition) is 4. The van der Waals surface area contributed by atoms with Crippen molar-refractivity contribution < 1.29 is 14.3 Å². The van der Waals surface area contributed by atoms with Crippen molar-refractivity contribution in [3.05, 3.63) is 35.4 Å². The molecular formula is C17H28IN3O3. The lowest BCUT2D eigenvalue weighted by atomic mass is 10.1. The number of hydrogen-bond donors (Lipinski definition) is 2. The second-order valence-corrected chi connectivity index (χ2v) is 5.66. The van der Waals surface area contributed by atoms with Gasteiger partial charge in [0.15, 0.2) is 5.96 Å². The highest BCUT2D eigenvalue weighted by Gasteiger charge is 2.16. The number of methoxy groups -OCH3 is 1. The Morgan fingerprint density at radius 2 is 1.83 bits per heavy atom. The van der Waals surface area contributed by atoms with Crippen molar-refractivity contribution in [2.75, 3.05) is 27.3 Å². The molecule has 0 bridgehead atoms. The third-order valence-corrected chi connectivity index (χ3v) is 3.38. The Morgan fingerprint density at radius 3 is 2.33 bits per heavy atom. The zero-order valence-electron chi connectivity index (χ0n) is 15.0. The zero-order chi connectivity index (χ0) is 17.3. The van der Waals surface area contributed by atoms with E-state index in [9.17, 15) is 4.79 Å².